The van der Waals surface area contributed by atoms with Crippen molar-refractivity contribution in [2.24, 2.45) is 11.7 Å². The average Bonchev–Trinajstić information content (AvgIpc) is 2.38. The van der Waals surface area contributed by atoms with Gasteiger partial charge >= 0.3 is 0 Å². The largest absolute Gasteiger partial charge is 0.508 e. The summed E-state index contributed by atoms with van der Waals surface area (Å²) in [6.07, 6.45) is 2.33. The Morgan fingerprint density at radius 1 is 1.37 bits per heavy atom. The van der Waals surface area contributed by atoms with Crippen molar-refractivity contribution in [3.05, 3.63) is 23.8 Å². The lowest BCUT2D eigenvalue weighted by molar-refractivity contribution is 0.0801. The van der Waals surface area contributed by atoms with E-state index >= 15 is 0 Å². The Morgan fingerprint density at radius 2 is 2.11 bits per heavy atom. The number of piperidine rings is 1. The zero-order valence-corrected chi connectivity index (χ0v) is 11.7. The number of hydrogen-bond donors (Lipinski definition) is 3. The Balaban J connectivity index is 2.19. The van der Waals surface area contributed by atoms with Crippen LogP contribution in [0.1, 0.15) is 38.3 Å². The summed E-state index contributed by atoms with van der Waals surface area (Å²) < 4.78 is 0. The van der Waals surface area contributed by atoms with Crippen molar-refractivity contribution in [3.8, 4) is 11.5 Å². The van der Waals surface area contributed by atoms with Gasteiger partial charge in [0, 0.05) is 30.3 Å². The van der Waals surface area contributed by atoms with Crippen LogP contribution in [0.5, 0.6) is 11.5 Å². The molecule has 3 atom stereocenters. The number of aromatic hydroxyl groups is 2. The first-order valence-corrected chi connectivity index (χ1v) is 7.00. The fourth-order valence-corrected chi connectivity index (χ4v) is 3.01. The van der Waals surface area contributed by atoms with Gasteiger partial charge in [0.15, 0.2) is 0 Å². The maximum Gasteiger partial charge on any atom is 0.124 e. The van der Waals surface area contributed by atoms with Crippen LogP contribution in [0.15, 0.2) is 18.2 Å². The Hall–Kier alpha value is -1.26. The molecule has 1 heterocycles. The second-order valence-corrected chi connectivity index (χ2v) is 5.64. The Labute approximate surface area is 114 Å². The van der Waals surface area contributed by atoms with E-state index < -0.39 is 0 Å². The topological polar surface area (TPSA) is 69.7 Å². The molecule has 0 aromatic heterocycles. The molecule has 4 N–H and O–H groups in total. The summed E-state index contributed by atoms with van der Waals surface area (Å²) in [5, 5.41) is 19.4. The number of nitrogens with zero attached hydrogens (tertiary/aromatic N) is 1. The second-order valence-electron chi connectivity index (χ2n) is 5.64. The highest BCUT2D eigenvalue weighted by molar-refractivity contribution is 5.40. The van der Waals surface area contributed by atoms with Crippen molar-refractivity contribution in [3.63, 3.8) is 0 Å². The Kier molecular flexibility index (Phi) is 4.32. The predicted octanol–water partition coefficient (Wildman–Crippen LogP) is 2.22. The molecule has 1 aromatic rings. The highest BCUT2D eigenvalue weighted by Crippen LogP contribution is 2.35. The summed E-state index contributed by atoms with van der Waals surface area (Å²) in [6, 6.07) is 5.45. The zero-order valence-electron chi connectivity index (χ0n) is 11.7. The van der Waals surface area contributed by atoms with E-state index in [0.717, 1.165) is 25.1 Å². The molecule has 106 valence electrons. The molecule has 1 aliphatic rings. The molecule has 0 spiro atoms. The number of hydrogen-bond acceptors (Lipinski definition) is 4. The number of likely N-dealkylation sites (tertiary alicyclic amines) is 1. The van der Waals surface area contributed by atoms with Gasteiger partial charge < -0.3 is 15.9 Å². The molecule has 19 heavy (non-hydrogen) atoms. The van der Waals surface area contributed by atoms with Crippen LogP contribution in [-0.4, -0.2) is 34.2 Å². The average molecular weight is 264 g/mol. The number of benzene rings is 1. The molecule has 1 fully saturated rings. The summed E-state index contributed by atoms with van der Waals surface area (Å²) >= 11 is 0. The monoisotopic (exact) mass is 264 g/mol. The molecule has 0 radical (unpaired) electrons. The predicted molar refractivity (Wildman–Crippen MR) is 76.1 cm³/mol. The maximum absolute atomic E-state index is 9.99. The summed E-state index contributed by atoms with van der Waals surface area (Å²) in [5.74, 6) is 0.799. The first-order chi connectivity index (χ1) is 9.02. The van der Waals surface area contributed by atoms with Crippen LogP contribution in [0, 0.1) is 5.92 Å². The molecule has 4 nitrogen and oxygen atoms in total. The van der Waals surface area contributed by atoms with E-state index in [4.69, 9.17) is 5.73 Å². The van der Waals surface area contributed by atoms with Crippen molar-refractivity contribution in [2.75, 3.05) is 13.1 Å². The van der Waals surface area contributed by atoms with Gasteiger partial charge in [-0.1, -0.05) is 6.07 Å². The molecule has 0 bridgehead atoms. The standard InChI is InChI=1S/C15H24N2O2/c1-10-3-4-12(8-16)9-17(10)11(2)14-6-5-13(18)7-15(14)19/h5-7,10-12,18-19H,3-4,8-9,16H2,1-2H3. The fraction of sp³-hybridized carbons (Fsp3) is 0.600. The number of nitrogens with two attached hydrogens (primary N) is 1. The van der Waals surface area contributed by atoms with Gasteiger partial charge in [-0.05, 0) is 45.2 Å². The summed E-state index contributed by atoms with van der Waals surface area (Å²) in [4.78, 5) is 2.40. The third kappa shape index (κ3) is 3.01. The molecule has 1 aromatic carbocycles. The van der Waals surface area contributed by atoms with Crippen LogP contribution in [0.25, 0.3) is 0 Å². The molecule has 0 aliphatic carbocycles. The van der Waals surface area contributed by atoms with Gasteiger partial charge in [-0.25, -0.2) is 0 Å². The van der Waals surface area contributed by atoms with E-state index in [9.17, 15) is 10.2 Å². The lowest BCUT2D eigenvalue weighted by Crippen LogP contribution is -2.44. The first kappa shape index (κ1) is 14.2. The van der Waals surface area contributed by atoms with Crippen LogP contribution >= 0.6 is 0 Å². The van der Waals surface area contributed by atoms with E-state index in [1.807, 2.05) is 0 Å². The van der Waals surface area contributed by atoms with Crippen molar-refractivity contribution < 1.29 is 10.2 Å². The molecule has 2 rings (SSSR count). The van der Waals surface area contributed by atoms with E-state index in [0.29, 0.717) is 12.0 Å². The summed E-state index contributed by atoms with van der Waals surface area (Å²) in [5.41, 5.74) is 6.65. The first-order valence-electron chi connectivity index (χ1n) is 7.00. The number of phenolic OH excluding ortho intramolecular Hbond substituents is 2. The van der Waals surface area contributed by atoms with Gasteiger partial charge in [0.1, 0.15) is 11.5 Å². The van der Waals surface area contributed by atoms with E-state index in [1.54, 1.807) is 12.1 Å². The van der Waals surface area contributed by atoms with E-state index in [1.165, 1.54) is 12.5 Å². The quantitative estimate of drug-likeness (QED) is 0.783. The van der Waals surface area contributed by atoms with Crippen LogP contribution in [0.4, 0.5) is 0 Å². The molecule has 4 heteroatoms. The van der Waals surface area contributed by atoms with Crippen LogP contribution in [-0.2, 0) is 0 Å². The van der Waals surface area contributed by atoms with Gasteiger partial charge in [-0.15, -0.1) is 0 Å². The molecule has 3 unspecified atom stereocenters. The van der Waals surface area contributed by atoms with Crippen LogP contribution in [0.3, 0.4) is 0 Å². The Morgan fingerprint density at radius 3 is 2.74 bits per heavy atom. The van der Waals surface area contributed by atoms with Crippen molar-refractivity contribution >= 4 is 0 Å². The zero-order chi connectivity index (χ0) is 14.0. The molecule has 1 saturated heterocycles. The molecule has 0 amide bonds. The number of phenols is 2. The highest BCUT2D eigenvalue weighted by Gasteiger charge is 2.29. The maximum atomic E-state index is 9.99. The third-order valence-electron chi connectivity index (χ3n) is 4.32. The van der Waals surface area contributed by atoms with E-state index in [2.05, 4.69) is 18.7 Å². The number of rotatable bonds is 3. The minimum atomic E-state index is 0.0972. The minimum absolute atomic E-state index is 0.0972. The van der Waals surface area contributed by atoms with Crippen LogP contribution < -0.4 is 5.73 Å². The SMILES string of the molecule is CC1CCC(CN)CN1C(C)c1ccc(O)cc1O. The smallest absolute Gasteiger partial charge is 0.124 e. The molecule has 1 aliphatic heterocycles. The van der Waals surface area contributed by atoms with Gasteiger partial charge in [0.25, 0.3) is 0 Å². The molecular weight excluding hydrogens is 240 g/mol. The Bertz CT molecular complexity index is 436. The van der Waals surface area contributed by atoms with Gasteiger partial charge in [-0.3, -0.25) is 4.90 Å². The van der Waals surface area contributed by atoms with Gasteiger partial charge in [0.2, 0.25) is 0 Å². The summed E-state index contributed by atoms with van der Waals surface area (Å²) in [6.45, 7) is 6.01. The minimum Gasteiger partial charge on any atom is -0.508 e. The molecule has 0 saturated carbocycles. The van der Waals surface area contributed by atoms with Crippen LogP contribution in [0.2, 0.25) is 0 Å². The van der Waals surface area contributed by atoms with Crippen molar-refractivity contribution in [2.45, 2.75) is 38.8 Å². The normalized spacial score (nSPS) is 26.3. The fourth-order valence-electron chi connectivity index (χ4n) is 3.01. The highest BCUT2D eigenvalue weighted by atomic mass is 16.3. The molecular formula is C15H24N2O2. The third-order valence-corrected chi connectivity index (χ3v) is 4.32. The summed E-state index contributed by atoms with van der Waals surface area (Å²) in [7, 11) is 0. The lowest BCUT2D eigenvalue weighted by Gasteiger charge is -2.41. The van der Waals surface area contributed by atoms with E-state index in [-0.39, 0.29) is 17.5 Å². The van der Waals surface area contributed by atoms with Gasteiger partial charge in [0.05, 0.1) is 0 Å². The van der Waals surface area contributed by atoms with Gasteiger partial charge in [-0.2, -0.15) is 0 Å². The second kappa shape index (κ2) is 5.80. The van der Waals surface area contributed by atoms with Crippen molar-refractivity contribution in [1.29, 1.82) is 0 Å². The lowest BCUT2D eigenvalue weighted by atomic mass is 9.91. The van der Waals surface area contributed by atoms with Crippen molar-refractivity contribution in [1.82, 2.24) is 4.90 Å².